The lowest BCUT2D eigenvalue weighted by Gasteiger charge is -2.10. The van der Waals surface area contributed by atoms with Crippen LogP contribution in [-0.4, -0.2) is 31.7 Å². The van der Waals surface area contributed by atoms with Gasteiger partial charge < -0.3 is 4.74 Å². The maximum atomic E-state index is 12.9. The van der Waals surface area contributed by atoms with Gasteiger partial charge in [-0.3, -0.25) is 9.36 Å². The molecule has 148 valence electrons. The van der Waals surface area contributed by atoms with Crippen LogP contribution >= 0.6 is 0 Å². The van der Waals surface area contributed by atoms with Crippen LogP contribution in [0.3, 0.4) is 0 Å². The zero-order valence-electron chi connectivity index (χ0n) is 15.1. The van der Waals surface area contributed by atoms with Gasteiger partial charge in [-0.2, -0.15) is 17.9 Å². The Balaban J connectivity index is 1.72. The Labute approximate surface area is 162 Å². The van der Waals surface area contributed by atoms with Crippen LogP contribution in [0.5, 0.6) is 5.75 Å². The van der Waals surface area contributed by atoms with Gasteiger partial charge in [0, 0.05) is 6.07 Å². The Hall–Kier alpha value is -3.69. The summed E-state index contributed by atoms with van der Waals surface area (Å²) in [7, 11) is 1.53. The van der Waals surface area contributed by atoms with E-state index in [9.17, 15) is 18.0 Å². The highest BCUT2D eigenvalue weighted by Crippen LogP contribution is 2.29. The van der Waals surface area contributed by atoms with Crippen LogP contribution in [0.4, 0.5) is 13.2 Å². The van der Waals surface area contributed by atoms with Gasteiger partial charge in [-0.05, 0) is 29.8 Å². The fourth-order valence-electron chi connectivity index (χ4n) is 2.92. The number of aromatic nitrogens is 5. The molecule has 0 amide bonds. The number of hydrogen-bond acceptors (Lipinski definition) is 5. The Morgan fingerprint density at radius 1 is 1.10 bits per heavy atom. The molecule has 0 bridgehead atoms. The molecule has 2 aromatic carbocycles. The number of halogens is 3. The molecule has 0 radical (unpaired) electrons. The lowest BCUT2D eigenvalue weighted by molar-refractivity contribution is -0.137. The highest BCUT2D eigenvalue weighted by molar-refractivity contribution is 5.70. The number of rotatable bonds is 4. The van der Waals surface area contributed by atoms with Crippen molar-refractivity contribution >= 4 is 11.2 Å². The Morgan fingerprint density at radius 3 is 2.66 bits per heavy atom. The molecule has 0 saturated heterocycles. The minimum Gasteiger partial charge on any atom is -0.497 e. The SMILES string of the molecule is COc1cccc(-n2nnc3c(=O)n(Cc4cccc(C(F)(F)F)c4)cnc32)c1. The number of methoxy groups -OCH3 is 1. The predicted molar refractivity (Wildman–Crippen MR) is 98.0 cm³/mol. The summed E-state index contributed by atoms with van der Waals surface area (Å²) in [6.45, 7) is -0.0717. The van der Waals surface area contributed by atoms with Gasteiger partial charge in [0.05, 0.1) is 24.9 Å². The Bertz CT molecular complexity index is 1250. The molecule has 0 saturated carbocycles. The monoisotopic (exact) mass is 401 g/mol. The third-order valence-corrected chi connectivity index (χ3v) is 4.33. The van der Waals surface area contributed by atoms with Gasteiger partial charge in [-0.1, -0.05) is 23.4 Å². The zero-order valence-corrected chi connectivity index (χ0v) is 15.1. The van der Waals surface area contributed by atoms with E-state index < -0.39 is 17.3 Å². The van der Waals surface area contributed by atoms with Crippen molar-refractivity contribution in [2.24, 2.45) is 0 Å². The third kappa shape index (κ3) is 3.56. The maximum Gasteiger partial charge on any atom is 0.416 e. The summed E-state index contributed by atoms with van der Waals surface area (Å²) in [6, 6.07) is 11.8. The van der Waals surface area contributed by atoms with Crippen LogP contribution < -0.4 is 10.3 Å². The van der Waals surface area contributed by atoms with E-state index in [1.165, 1.54) is 34.8 Å². The van der Waals surface area contributed by atoms with Gasteiger partial charge in [-0.15, -0.1) is 5.10 Å². The van der Waals surface area contributed by atoms with E-state index in [0.717, 1.165) is 12.1 Å². The molecule has 0 N–H and O–H groups in total. The summed E-state index contributed by atoms with van der Waals surface area (Å²) in [6.07, 6.45) is -3.19. The lowest BCUT2D eigenvalue weighted by Crippen LogP contribution is -2.21. The topological polar surface area (TPSA) is 74.8 Å². The summed E-state index contributed by atoms with van der Waals surface area (Å²) in [4.78, 5) is 17.0. The van der Waals surface area contributed by atoms with Crippen LogP contribution in [0.2, 0.25) is 0 Å². The molecule has 2 heterocycles. The summed E-state index contributed by atoms with van der Waals surface area (Å²) >= 11 is 0. The van der Waals surface area contributed by atoms with Crippen molar-refractivity contribution in [2.75, 3.05) is 7.11 Å². The van der Waals surface area contributed by atoms with Crippen molar-refractivity contribution in [3.05, 3.63) is 76.3 Å². The molecular formula is C19H14F3N5O2. The molecule has 4 aromatic rings. The van der Waals surface area contributed by atoms with E-state index in [-0.39, 0.29) is 17.7 Å². The van der Waals surface area contributed by atoms with Gasteiger partial charge in [0.2, 0.25) is 0 Å². The van der Waals surface area contributed by atoms with E-state index in [4.69, 9.17) is 4.74 Å². The first-order valence-corrected chi connectivity index (χ1v) is 8.48. The molecule has 4 rings (SSSR count). The molecule has 7 nitrogen and oxygen atoms in total. The lowest BCUT2D eigenvalue weighted by atomic mass is 10.1. The summed E-state index contributed by atoms with van der Waals surface area (Å²) in [5, 5.41) is 7.89. The average molecular weight is 401 g/mol. The second-order valence-electron chi connectivity index (χ2n) is 6.25. The molecule has 0 aliphatic carbocycles. The van der Waals surface area contributed by atoms with Crippen molar-refractivity contribution in [1.29, 1.82) is 0 Å². The zero-order chi connectivity index (χ0) is 20.6. The average Bonchev–Trinajstić information content (AvgIpc) is 3.15. The molecule has 0 unspecified atom stereocenters. The standard InChI is InChI=1S/C19H14F3N5O2/c1-29-15-7-3-6-14(9-15)27-17-16(24-25-27)18(28)26(11-23-17)10-12-4-2-5-13(8-12)19(20,21)22/h2-9,11H,10H2,1H3. The number of ether oxygens (including phenoxy) is 1. The minimum absolute atomic E-state index is 0.0160. The quantitative estimate of drug-likeness (QED) is 0.526. The first-order chi connectivity index (χ1) is 13.9. The van der Waals surface area contributed by atoms with Crippen LogP contribution in [0.15, 0.2) is 59.7 Å². The Morgan fingerprint density at radius 2 is 1.90 bits per heavy atom. The highest BCUT2D eigenvalue weighted by Gasteiger charge is 2.30. The molecular weight excluding hydrogens is 387 g/mol. The first-order valence-electron chi connectivity index (χ1n) is 8.48. The molecule has 10 heteroatoms. The molecule has 0 spiro atoms. The number of fused-ring (bicyclic) bond motifs is 1. The van der Waals surface area contributed by atoms with Crippen LogP contribution in [-0.2, 0) is 12.7 Å². The van der Waals surface area contributed by atoms with Gasteiger partial charge in [-0.25, -0.2) is 4.98 Å². The second kappa shape index (κ2) is 7.04. The normalized spacial score (nSPS) is 11.7. The molecule has 0 fully saturated rings. The summed E-state index contributed by atoms with van der Waals surface area (Å²) in [5.41, 5.74) is -0.0916. The van der Waals surface area contributed by atoms with E-state index >= 15 is 0 Å². The first kappa shape index (κ1) is 18.7. The van der Waals surface area contributed by atoms with Crippen molar-refractivity contribution in [3.63, 3.8) is 0 Å². The Kier molecular flexibility index (Phi) is 4.53. The number of nitrogens with zero attached hydrogens (tertiary/aromatic N) is 5. The number of alkyl halides is 3. The van der Waals surface area contributed by atoms with Crippen LogP contribution in [0.1, 0.15) is 11.1 Å². The van der Waals surface area contributed by atoms with E-state index in [1.54, 1.807) is 24.3 Å². The maximum absolute atomic E-state index is 12.9. The van der Waals surface area contributed by atoms with Crippen LogP contribution in [0, 0.1) is 0 Å². The molecule has 0 aliphatic rings. The highest BCUT2D eigenvalue weighted by atomic mass is 19.4. The van der Waals surface area contributed by atoms with Crippen molar-refractivity contribution < 1.29 is 17.9 Å². The van der Waals surface area contributed by atoms with E-state index in [0.29, 0.717) is 17.0 Å². The third-order valence-electron chi connectivity index (χ3n) is 4.33. The van der Waals surface area contributed by atoms with Gasteiger partial charge in [0.1, 0.15) is 12.1 Å². The number of hydrogen-bond donors (Lipinski definition) is 0. The fourth-order valence-corrected chi connectivity index (χ4v) is 2.92. The van der Waals surface area contributed by atoms with E-state index in [1.807, 2.05) is 0 Å². The molecule has 0 atom stereocenters. The largest absolute Gasteiger partial charge is 0.497 e. The minimum atomic E-state index is -4.46. The van der Waals surface area contributed by atoms with Crippen molar-refractivity contribution in [3.8, 4) is 11.4 Å². The predicted octanol–water partition coefficient (Wildman–Crippen LogP) is 3.05. The van der Waals surface area contributed by atoms with Gasteiger partial charge in [0.15, 0.2) is 11.2 Å². The summed E-state index contributed by atoms with van der Waals surface area (Å²) < 4.78 is 46.5. The smallest absolute Gasteiger partial charge is 0.416 e. The van der Waals surface area contributed by atoms with Crippen molar-refractivity contribution in [2.45, 2.75) is 12.7 Å². The van der Waals surface area contributed by atoms with Crippen molar-refractivity contribution in [1.82, 2.24) is 24.5 Å². The van der Waals surface area contributed by atoms with Gasteiger partial charge >= 0.3 is 6.18 Å². The van der Waals surface area contributed by atoms with Crippen LogP contribution in [0.25, 0.3) is 16.9 Å². The fraction of sp³-hybridized carbons (Fsp3) is 0.158. The second-order valence-corrected chi connectivity index (χ2v) is 6.25. The van der Waals surface area contributed by atoms with E-state index in [2.05, 4.69) is 15.3 Å². The molecule has 29 heavy (non-hydrogen) atoms. The summed E-state index contributed by atoms with van der Waals surface area (Å²) in [5.74, 6) is 0.601. The molecule has 0 aliphatic heterocycles. The molecule has 2 aromatic heterocycles. The number of benzene rings is 2. The van der Waals surface area contributed by atoms with Gasteiger partial charge in [0.25, 0.3) is 5.56 Å².